The van der Waals surface area contributed by atoms with Crippen LogP contribution in [0.2, 0.25) is 0 Å². The highest BCUT2D eigenvalue weighted by Gasteiger charge is 2.23. The Morgan fingerprint density at radius 3 is 1.21 bits per heavy atom. The van der Waals surface area contributed by atoms with E-state index in [1.54, 1.807) is 101 Å². The van der Waals surface area contributed by atoms with Crippen molar-refractivity contribution in [1.29, 1.82) is 0 Å². The molecule has 0 fully saturated rings. The van der Waals surface area contributed by atoms with Crippen molar-refractivity contribution < 1.29 is 28.5 Å². The summed E-state index contributed by atoms with van der Waals surface area (Å²) in [6.07, 6.45) is 6.68. The Hall–Kier alpha value is -6.14. The standard InChI is InChI=1S/C42H34O6/c1-45-33-19-13-27(14-20-33)37(43)23-17-31-25-29-9-5-7-11-35(29)39(41(31)47-3)40-36-12-8-6-10-30(36)26-32(42(40)48-4)18-24-38(44)28-15-21-34(46-2)22-16-28/h5-26H,1-4H3/b23-17+,24-18+. The lowest BCUT2D eigenvalue weighted by molar-refractivity contribution is 0.103. The van der Waals surface area contributed by atoms with Gasteiger partial charge in [0, 0.05) is 33.4 Å². The maximum atomic E-state index is 13.2. The summed E-state index contributed by atoms with van der Waals surface area (Å²) in [4.78, 5) is 26.4. The lowest BCUT2D eigenvalue weighted by atomic mass is 9.88. The number of carbonyl (C=O) groups is 2. The van der Waals surface area contributed by atoms with Crippen molar-refractivity contribution in [3.05, 3.63) is 144 Å². The quantitative estimate of drug-likeness (QED) is 0.104. The number of allylic oxidation sites excluding steroid dienone is 2. The summed E-state index contributed by atoms with van der Waals surface area (Å²) in [6, 6.07) is 34.1. The van der Waals surface area contributed by atoms with E-state index in [0.29, 0.717) is 34.1 Å². The second-order valence-electron chi connectivity index (χ2n) is 11.0. The van der Waals surface area contributed by atoms with Crippen LogP contribution in [0.4, 0.5) is 0 Å². The van der Waals surface area contributed by atoms with E-state index in [2.05, 4.69) is 0 Å². The maximum absolute atomic E-state index is 13.2. The zero-order valence-electron chi connectivity index (χ0n) is 27.2. The van der Waals surface area contributed by atoms with E-state index in [9.17, 15) is 9.59 Å². The fourth-order valence-corrected chi connectivity index (χ4v) is 5.92. The van der Waals surface area contributed by atoms with Gasteiger partial charge in [-0.15, -0.1) is 0 Å². The number of fused-ring (bicyclic) bond motifs is 2. The van der Waals surface area contributed by atoms with Gasteiger partial charge in [-0.25, -0.2) is 0 Å². The lowest BCUT2D eigenvalue weighted by Gasteiger charge is -2.21. The molecule has 6 heteroatoms. The van der Waals surface area contributed by atoms with Crippen molar-refractivity contribution in [2.24, 2.45) is 0 Å². The summed E-state index contributed by atoms with van der Waals surface area (Å²) in [5.74, 6) is 2.24. The van der Waals surface area contributed by atoms with Crippen LogP contribution in [-0.2, 0) is 0 Å². The van der Waals surface area contributed by atoms with Crippen LogP contribution in [0, 0.1) is 0 Å². The van der Waals surface area contributed by atoms with E-state index in [0.717, 1.165) is 43.8 Å². The van der Waals surface area contributed by atoms with Crippen molar-refractivity contribution in [3.63, 3.8) is 0 Å². The van der Waals surface area contributed by atoms with E-state index < -0.39 is 0 Å². The Kier molecular flexibility index (Phi) is 9.35. The molecule has 238 valence electrons. The van der Waals surface area contributed by atoms with E-state index in [1.807, 2.05) is 60.7 Å². The van der Waals surface area contributed by atoms with E-state index in [4.69, 9.17) is 18.9 Å². The summed E-state index contributed by atoms with van der Waals surface area (Å²) in [6.45, 7) is 0. The highest BCUT2D eigenvalue weighted by Crippen LogP contribution is 2.48. The molecule has 0 atom stereocenters. The maximum Gasteiger partial charge on any atom is 0.185 e. The Balaban J connectivity index is 1.53. The molecule has 0 spiro atoms. The number of rotatable bonds is 11. The third-order valence-corrected chi connectivity index (χ3v) is 8.30. The van der Waals surface area contributed by atoms with Crippen LogP contribution in [0.25, 0.3) is 44.8 Å². The van der Waals surface area contributed by atoms with Crippen LogP contribution >= 0.6 is 0 Å². The minimum Gasteiger partial charge on any atom is -0.497 e. The SMILES string of the molecule is COc1ccc(C(=O)/C=C/c2cc3ccccc3c(-c3c(OC)c(/C=C/C(=O)c4ccc(OC)cc4)cc4ccccc34)c2OC)cc1. The Morgan fingerprint density at radius 2 is 0.854 bits per heavy atom. The first kappa shape index (κ1) is 31.8. The zero-order chi connectivity index (χ0) is 33.6. The average Bonchev–Trinajstić information content (AvgIpc) is 3.14. The second kappa shape index (κ2) is 14.1. The van der Waals surface area contributed by atoms with Gasteiger partial charge >= 0.3 is 0 Å². The highest BCUT2D eigenvalue weighted by atomic mass is 16.5. The number of ether oxygens (including phenoxy) is 4. The van der Waals surface area contributed by atoms with E-state index >= 15 is 0 Å². The van der Waals surface area contributed by atoms with Crippen LogP contribution in [0.1, 0.15) is 31.8 Å². The third-order valence-electron chi connectivity index (χ3n) is 8.30. The van der Waals surface area contributed by atoms with Gasteiger partial charge in [0.1, 0.15) is 23.0 Å². The van der Waals surface area contributed by atoms with Crippen molar-refractivity contribution in [1.82, 2.24) is 0 Å². The van der Waals surface area contributed by atoms with Gasteiger partial charge in [-0.05, 0) is 107 Å². The first-order chi connectivity index (χ1) is 23.4. The molecule has 6 nitrogen and oxygen atoms in total. The number of methoxy groups -OCH3 is 4. The van der Waals surface area contributed by atoms with Gasteiger partial charge in [0.15, 0.2) is 11.6 Å². The fraction of sp³-hybridized carbons (Fsp3) is 0.0952. The van der Waals surface area contributed by atoms with Crippen LogP contribution in [0.3, 0.4) is 0 Å². The van der Waals surface area contributed by atoms with E-state index in [1.165, 1.54) is 0 Å². The normalized spacial score (nSPS) is 11.3. The number of benzene rings is 6. The summed E-state index contributed by atoms with van der Waals surface area (Å²) in [5.41, 5.74) is 4.19. The average molecular weight is 635 g/mol. The van der Waals surface area contributed by atoms with Gasteiger partial charge < -0.3 is 18.9 Å². The van der Waals surface area contributed by atoms with Crippen molar-refractivity contribution >= 4 is 45.3 Å². The molecule has 0 saturated heterocycles. The molecule has 0 aliphatic rings. The van der Waals surface area contributed by atoms with Gasteiger partial charge in [0.05, 0.1) is 28.4 Å². The molecule has 0 aliphatic carbocycles. The topological polar surface area (TPSA) is 71.1 Å². The molecular formula is C42H34O6. The van der Waals surface area contributed by atoms with Crippen LogP contribution in [0.5, 0.6) is 23.0 Å². The molecule has 6 aromatic carbocycles. The molecule has 0 amide bonds. The Bertz CT molecular complexity index is 2030. The molecule has 0 bridgehead atoms. The molecule has 0 radical (unpaired) electrons. The number of hydrogen-bond acceptors (Lipinski definition) is 6. The predicted molar refractivity (Wildman–Crippen MR) is 193 cm³/mol. The summed E-state index contributed by atoms with van der Waals surface area (Å²) >= 11 is 0. The van der Waals surface area contributed by atoms with Gasteiger partial charge in [-0.3, -0.25) is 9.59 Å². The number of ketones is 2. The second-order valence-corrected chi connectivity index (χ2v) is 11.0. The predicted octanol–water partition coefficient (Wildman–Crippen LogP) is 9.49. The van der Waals surface area contributed by atoms with Crippen LogP contribution in [-0.4, -0.2) is 40.0 Å². The monoisotopic (exact) mass is 634 g/mol. The molecule has 0 aliphatic heterocycles. The summed E-state index contributed by atoms with van der Waals surface area (Å²) in [5, 5.41) is 3.83. The van der Waals surface area contributed by atoms with Crippen LogP contribution < -0.4 is 18.9 Å². The highest BCUT2D eigenvalue weighted by molar-refractivity contribution is 6.14. The van der Waals surface area contributed by atoms with Crippen LogP contribution in [0.15, 0.2) is 121 Å². The Labute approximate surface area is 279 Å². The molecule has 0 unspecified atom stereocenters. The minimum atomic E-state index is -0.147. The van der Waals surface area contributed by atoms with Gasteiger partial charge in [0.2, 0.25) is 0 Å². The lowest BCUT2D eigenvalue weighted by Crippen LogP contribution is -1.99. The smallest absolute Gasteiger partial charge is 0.185 e. The van der Waals surface area contributed by atoms with E-state index in [-0.39, 0.29) is 11.6 Å². The summed E-state index contributed by atoms with van der Waals surface area (Å²) < 4.78 is 22.8. The zero-order valence-corrected chi connectivity index (χ0v) is 27.2. The molecular weight excluding hydrogens is 600 g/mol. The molecule has 0 heterocycles. The van der Waals surface area contributed by atoms with Crippen molar-refractivity contribution in [2.45, 2.75) is 0 Å². The third kappa shape index (κ3) is 6.29. The Morgan fingerprint density at radius 1 is 0.479 bits per heavy atom. The first-order valence-corrected chi connectivity index (χ1v) is 15.4. The summed E-state index contributed by atoms with van der Waals surface area (Å²) in [7, 11) is 6.43. The fourth-order valence-electron chi connectivity index (χ4n) is 5.92. The molecule has 6 aromatic rings. The number of carbonyl (C=O) groups excluding carboxylic acids is 2. The largest absolute Gasteiger partial charge is 0.497 e. The molecule has 48 heavy (non-hydrogen) atoms. The van der Waals surface area contributed by atoms with Crippen molar-refractivity contribution in [2.75, 3.05) is 28.4 Å². The van der Waals surface area contributed by atoms with Gasteiger partial charge in [-0.1, -0.05) is 48.5 Å². The molecule has 0 N–H and O–H groups in total. The van der Waals surface area contributed by atoms with Gasteiger partial charge in [-0.2, -0.15) is 0 Å². The molecule has 6 rings (SSSR count). The number of hydrogen-bond donors (Lipinski definition) is 0. The molecule has 0 saturated carbocycles. The minimum absolute atomic E-state index is 0.147. The first-order valence-electron chi connectivity index (χ1n) is 15.4. The van der Waals surface area contributed by atoms with Gasteiger partial charge in [0.25, 0.3) is 0 Å². The van der Waals surface area contributed by atoms with Crippen molar-refractivity contribution in [3.8, 4) is 34.1 Å². The molecule has 0 aromatic heterocycles.